The van der Waals surface area contributed by atoms with Crippen LogP contribution in [0.2, 0.25) is 0 Å². The Balaban J connectivity index is 1.31. The summed E-state index contributed by atoms with van der Waals surface area (Å²) in [4.78, 5) is 31.5. The van der Waals surface area contributed by atoms with Crippen molar-refractivity contribution in [3.05, 3.63) is 30.1 Å². The average Bonchev–Trinajstić information content (AvgIpc) is 3.23. The van der Waals surface area contributed by atoms with Crippen LogP contribution in [0.25, 0.3) is 0 Å². The number of likely N-dealkylation sites (tertiary alicyclic amines) is 1. The van der Waals surface area contributed by atoms with Crippen molar-refractivity contribution in [1.82, 2.24) is 9.96 Å². The number of halogens is 1. The fourth-order valence-corrected chi connectivity index (χ4v) is 3.05. The average molecular weight is 319 g/mol. The fourth-order valence-electron chi connectivity index (χ4n) is 3.05. The summed E-state index contributed by atoms with van der Waals surface area (Å²) in [7, 11) is 0. The van der Waals surface area contributed by atoms with E-state index in [0.717, 1.165) is 12.8 Å². The van der Waals surface area contributed by atoms with Crippen molar-refractivity contribution >= 4 is 17.6 Å². The zero-order chi connectivity index (χ0) is 16.0. The van der Waals surface area contributed by atoms with Gasteiger partial charge in [-0.1, -0.05) is 0 Å². The molecule has 2 saturated heterocycles. The number of rotatable bonds is 3. The van der Waals surface area contributed by atoms with Crippen LogP contribution in [0, 0.1) is 11.7 Å². The summed E-state index contributed by atoms with van der Waals surface area (Å²) in [5, 5.41) is 4.19. The molecule has 1 aliphatic carbocycles. The fraction of sp³-hybridized carbons (Fsp3) is 0.500. The minimum atomic E-state index is -0.549. The van der Waals surface area contributed by atoms with E-state index in [1.165, 1.54) is 29.3 Å². The van der Waals surface area contributed by atoms with Crippen molar-refractivity contribution in [2.45, 2.75) is 24.9 Å². The van der Waals surface area contributed by atoms with Gasteiger partial charge >= 0.3 is 6.03 Å². The molecule has 1 aromatic rings. The van der Waals surface area contributed by atoms with E-state index in [1.807, 2.05) is 0 Å². The maximum absolute atomic E-state index is 12.9. The summed E-state index contributed by atoms with van der Waals surface area (Å²) in [5.74, 6) is 0.238. The predicted octanol–water partition coefficient (Wildman–Crippen LogP) is 1.99. The van der Waals surface area contributed by atoms with Crippen LogP contribution in [0.5, 0.6) is 0 Å². The summed E-state index contributed by atoms with van der Waals surface area (Å²) in [5.41, 5.74) is -0.0114. The Bertz CT molecular complexity index is 638. The molecule has 0 bridgehead atoms. The molecule has 122 valence electrons. The van der Waals surface area contributed by atoms with E-state index in [0.29, 0.717) is 37.7 Å². The quantitative estimate of drug-likeness (QED) is 0.927. The van der Waals surface area contributed by atoms with E-state index < -0.39 is 5.60 Å². The maximum atomic E-state index is 12.9. The lowest BCUT2D eigenvalue weighted by molar-refractivity contribution is -0.229. The molecule has 3 amide bonds. The Labute approximate surface area is 133 Å². The third-order valence-corrected chi connectivity index (χ3v) is 4.52. The molecular weight excluding hydrogens is 301 g/mol. The van der Waals surface area contributed by atoms with Gasteiger partial charge in [0.1, 0.15) is 11.4 Å². The van der Waals surface area contributed by atoms with Crippen molar-refractivity contribution in [3.63, 3.8) is 0 Å². The van der Waals surface area contributed by atoms with Gasteiger partial charge in [0.25, 0.3) is 0 Å². The lowest BCUT2D eigenvalue weighted by Gasteiger charge is -2.45. The number of hydroxylamine groups is 2. The molecule has 1 spiro atoms. The first-order valence-electron chi connectivity index (χ1n) is 7.84. The molecule has 23 heavy (non-hydrogen) atoms. The standard InChI is InChI=1S/C16H18FN3O3/c17-12-3-5-13(6-4-12)18-15(22)19-9-16(10-19)7-14(21)20(23-16)8-11-1-2-11/h3-6,11H,1-2,7-10H2,(H,18,22). The highest BCUT2D eigenvalue weighted by atomic mass is 19.1. The molecule has 3 fully saturated rings. The van der Waals surface area contributed by atoms with Crippen LogP contribution < -0.4 is 5.32 Å². The first kappa shape index (κ1) is 14.4. The highest BCUT2D eigenvalue weighted by molar-refractivity contribution is 5.90. The number of hydrogen-bond acceptors (Lipinski definition) is 3. The van der Waals surface area contributed by atoms with Gasteiger partial charge in [0.15, 0.2) is 0 Å². The second kappa shape index (κ2) is 5.19. The molecule has 0 radical (unpaired) electrons. The SMILES string of the molecule is O=C(Nc1ccc(F)cc1)N1CC2(CC(=O)N(CC3CC3)O2)C1. The Morgan fingerprint density at radius 2 is 2.00 bits per heavy atom. The molecule has 6 nitrogen and oxygen atoms in total. The van der Waals surface area contributed by atoms with E-state index in [-0.39, 0.29) is 17.8 Å². The van der Waals surface area contributed by atoms with Gasteiger partial charge in [-0.05, 0) is 43.0 Å². The normalized spacial score (nSPS) is 22.4. The van der Waals surface area contributed by atoms with Crippen molar-refractivity contribution in [2.24, 2.45) is 5.92 Å². The zero-order valence-electron chi connectivity index (χ0n) is 12.6. The zero-order valence-corrected chi connectivity index (χ0v) is 12.6. The van der Waals surface area contributed by atoms with Crippen LogP contribution in [0.4, 0.5) is 14.9 Å². The molecule has 0 aromatic heterocycles. The highest BCUT2D eigenvalue weighted by Gasteiger charge is 2.55. The van der Waals surface area contributed by atoms with Gasteiger partial charge < -0.3 is 10.2 Å². The van der Waals surface area contributed by atoms with Crippen LogP contribution in [0.15, 0.2) is 24.3 Å². The number of nitrogens with zero attached hydrogens (tertiary/aromatic N) is 2. The van der Waals surface area contributed by atoms with E-state index in [1.54, 1.807) is 4.90 Å². The first-order chi connectivity index (χ1) is 11.0. The lowest BCUT2D eigenvalue weighted by Crippen LogP contribution is -2.64. The van der Waals surface area contributed by atoms with Gasteiger partial charge in [0.05, 0.1) is 26.1 Å². The second-order valence-corrected chi connectivity index (χ2v) is 6.64. The predicted molar refractivity (Wildman–Crippen MR) is 79.9 cm³/mol. The molecule has 4 rings (SSSR count). The van der Waals surface area contributed by atoms with Crippen LogP contribution >= 0.6 is 0 Å². The first-order valence-corrected chi connectivity index (χ1v) is 7.84. The summed E-state index contributed by atoms with van der Waals surface area (Å²) in [6, 6.07) is 5.34. The summed E-state index contributed by atoms with van der Waals surface area (Å²) in [6.45, 7) is 1.46. The van der Waals surface area contributed by atoms with Gasteiger partial charge in [-0.15, -0.1) is 0 Å². The number of carbonyl (C=O) groups excluding carboxylic acids is 2. The van der Waals surface area contributed by atoms with E-state index >= 15 is 0 Å². The largest absolute Gasteiger partial charge is 0.322 e. The Morgan fingerprint density at radius 1 is 1.30 bits per heavy atom. The lowest BCUT2D eigenvalue weighted by atomic mass is 9.91. The summed E-state index contributed by atoms with van der Waals surface area (Å²) >= 11 is 0. The number of amides is 3. The van der Waals surface area contributed by atoms with Crippen LogP contribution in [0.1, 0.15) is 19.3 Å². The van der Waals surface area contributed by atoms with Gasteiger partial charge in [0.2, 0.25) is 5.91 Å². The van der Waals surface area contributed by atoms with Gasteiger partial charge in [-0.3, -0.25) is 9.63 Å². The van der Waals surface area contributed by atoms with Crippen molar-refractivity contribution in [3.8, 4) is 0 Å². The molecule has 1 N–H and O–H groups in total. The summed E-state index contributed by atoms with van der Waals surface area (Å²) in [6.07, 6.45) is 2.65. The Hall–Kier alpha value is -2.15. The van der Waals surface area contributed by atoms with E-state index in [2.05, 4.69) is 5.32 Å². The monoisotopic (exact) mass is 319 g/mol. The van der Waals surface area contributed by atoms with Gasteiger partial charge in [-0.25, -0.2) is 14.2 Å². The number of urea groups is 1. The molecule has 2 aliphatic heterocycles. The van der Waals surface area contributed by atoms with Gasteiger partial charge in [0, 0.05) is 5.69 Å². The third-order valence-electron chi connectivity index (χ3n) is 4.52. The van der Waals surface area contributed by atoms with Gasteiger partial charge in [-0.2, -0.15) is 0 Å². The Morgan fingerprint density at radius 3 is 2.65 bits per heavy atom. The molecule has 1 saturated carbocycles. The summed E-state index contributed by atoms with van der Waals surface area (Å²) < 4.78 is 12.9. The minimum Gasteiger partial charge on any atom is -0.318 e. The topological polar surface area (TPSA) is 61.9 Å². The van der Waals surface area contributed by atoms with Crippen LogP contribution in [0.3, 0.4) is 0 Å². The minimum absolute atomic E-state index is 0.00972. The second-order valence-electron chi connectivity index (χ2n) is 6.64. The molecule has 0 unspecified atom stereocenters. The van der Waals surface area contributed by atoms with Crippen molar-refractivity contribution < 1.29 is 18.8 Å². The van der Waals surface area contributed by atoms with E-state index in [9.17, 15) is 14.0 Å². The van der Waals surface area contributed by atoms with Crippen molar-refractivity contribution in [2.75, 3.05) is 25.0 Å². The molecular formula is C16H18FN3O3. The number of anilines is 1. The Kier molecular flexibility index (Phi) is 3.26. The maximum Gasteiger partial charge on any atom is 0.322 e. The van der Waals surface area contributed by atoms with E-state index in [4.69, 9.17) is 4.84 Å². The van der Waals surface area contributed by atoms with Crippen LogP contribution in [-0.4, -0.2) is 47.1 Å². The number of benzene rings is 1. The highest BCUT2D eigenvalue weighted by Crippen LogP contribution is 2.38. The molecule has 1 aromatic carbocycles. The van der Waals surface area contributed by atoms with Crippen LogP contribution in [-0.2, 0) is 9.63 Å². The number of hydrogen-bond donors (Lipinski definition) is 1. The number of carbonyl (C=O) groups is 2. The number of nitrogens with one attached hydrogen (secondary N) is 1. The van der Waals surface area contributed by atoms with Crippen molar-refractivity contribution in [1.29, 1.82) is 0 Å². The third kappa shape index (κ3) is 2.88. The smallest absolute Gasteiger partial charge is 0.318 e. The molecule has 7 heteroatoms. The molecule has 2 heterocycles. The molecule has 0 atom stereocenters. The molecule has 3 aliphatic rings.